The number of hydrogen-bond acceptors (Lipinski definition) is 6. The second-order valence-electron chi connectivity index (χ2n) is 4.69. The molecular weight excluding hydrogens is 320 g/mol. The molecule has 0 aliphatic heterocycles. The van der Waals surface area contributed by atoms with Crippen LogP contribution in [-0.4, -0.2) is 10.8 Å². The first kappa shape index (κ1) is 14.9. The number of amides is 1. The molecule has 0 bridgehead atoms. The highest BCUT2D eigenvalue weighted by Gasteiger charge is 2.15. The van der Waals surface area contributed by atoms with Gasteiger partial charge in [0.2, 0.25) is 0 Å². The van der Waals surface area contributed by atoms with E-state index in [2.05, 4.69) is 5.32 Å². The number of nitrogens with one attached hydrogen (secondary N) is 1. The lowest BCUT2D eigenvalue weighted by Crippen LogP contribution is -2.27. The monoisotopic (exact) mass is 330 g/mol. The Hall–Kier alpha value is -3.00. The molecule has 2 aromatic heterocycles. The van der Waals surface area contributed by atoms with Gasteiger partial charge < -0.3 is 9.73 Å². The van der Waals surface area contributed by atoms with Gasteiger partial charge in [-0.25, -0.2) is 4.79 Å². The van der Waals surface area contributed by atoms with Crippen LogP contribution >= 0.6 is 11.3 Å². The number of nitrogens with zero attached hydrogens (tertiary/aromatic N) is 1. The van der Waals surface area contributed by atoms with Gasteiger partial charge in [0.1, 0.15) is 11.1 Å². The minimum absolute atomic E-state index is 0.142. The quantitative estimate of drug-likeness (QED) is 0.450. The molecular formula is C15H10N2O5S. The predicted molar refractivity (Wildman–Crippen MR) is 84.6 cm³/mol. The van der Waals surface area contributed by atoms with Crippen LogP contribution in [0.3, 0.4) is 0 Å². The third kappa shape index (κ3) is 3.11. The fourth-order valence-corrected chi connectivity index (χ4v) is 2.70. The standard InChI is InChI=1S/C15H10N2O5S/c18-14(16-8-11-2-1-5-23-11)12-7-9-6-10(17(20)21)3-4-13(9)22-15(12)19/h1-7H,8H2,(H,16,18). The smallest absolute Gasteiger partial charge is 0.349 e. The van der Waals surface area contributed by atoms with Crippen molar-refractivity contribution in [3.8, 4) is 0 Å². The molecule has 116 valence electrons. The van der Waals surface area contributed by atoms with Crippen LogP contribution in [-0.2, 0) is 6.54 Å². The van der Waals surface area contributed by atoms with E-state index in [1.165, 1.54) is 35.6 Å². The number of nitro groups is 1. The molecule has 0 aliphatic carbocycles. The van der Waals surface area contributed by atoms with E-state index in [9.17, 15) is 19.7 Å². The molecule has 0 atom stereocenters. The first-order chi connectivity index (χ1) is 11.0. The summed E-state index contributed by atoms with van der Waals surface area (Å²) in [6.07, 6.45) is 0. The molecule has 0 aliphatic rings. The van der Waals surface area contributed by atoms with E-state index in [1.807, 2.05) is 17.5 Å². The van der Waals surface area contributed by atoms with E-state index >= 15 is 0 Å². The number of fused-ring (bicyclic) bond motifs is 1. The molecule has 3 aromatic rings. The van der Waals surface area contributed by atoms with E-state index in [1.54, 1.807) is 0 Å². The molecule has 2 heterocycles. The van der Waals surface area contributed by atoms with Crippen molar-refractivity contribution in [3.63, 3.8) is 0 Å². The van der Waals surface area contributed by atoms with Crippen molar-refractivity contribution in [1.82, 2.24) is 5.32 Å². The Labute approximate surface area is 133 Å². The Morgan fingerprint density at radius 1 is 1.30 bits per heavy atom. The third-order valence-corrected chi connectivity index (χ3v) is 4.05. The Bertz CT molecular complexity index is 946. The highest BCUT2D eigenvalue weighted by Crippen LogP contribution is 2.20. The minimum atomic E-state index is -0.782. The van der Waals surface area contributed by atoms with Crippen molar-refractivity contribution in [2.45, 2.75) is 6.54 Å². The number of carbonyl (C=O) groups is 1. The highest BCUT2D eigenvalue weighted by molar-refractivity contribution is 7.09. The van der Waals surface area contributed by atoms with Crippen molar-refractivity contribution in [1.29, 1.82) is 0 Å². The van der Waals surface area contributed by atoms with Crippen LogP contribution in [0, 0.1) is 10.1 Å². The van der Waals surface area contributed by atoms with E-state index in [-0.39, 0.29) is 16.8 Å². The van der Waals surface area contributed by atoms with Gasteiger partial charge in [0, 0.05) is 22.4 Å². The van der Waals surface area contributed by atoms with Gasteiger partial charge in [-0.2, -0.15) is 0 Å². The molecule has 23 heavy (non-hydrogen) atoms. The Kier molecular flexibility index (Phi) is 3.90. The summed E-state index contributed by atoms with van der Waals surface area (Å²) in [6.45, 7) is 0.295. The van der Waals surface area contributed by atoms with Crippen molar-refractivity contribution in [3.05, 3.63) is 72.8 Å². The molecule has 8 heteroatoms. The fraction of sp³-hybridized carbons (Fsp3) is 0.0667. The molecule has 0 unspecified atom stereocenters. The van der Waals surface area contributed by atoms with Gasteiger partial charge in [-0.05, 0) is 23.6 Å². The maximum absolute atomic E-state index is 12.1. The topological polar surface area (TPSA) is 102 Å². The molecule has 0 spiro atoms. The SMILES string of the molecule is O=C(NCc1cccs1)c1cc2cc([N+](=O)[O-])ccc2oc1=O. The van der Waals surface area contributed by atoms with Gasteiger partial charge >= 0.3 is 5.63 Å². The lowest BCUT2D eigenvalue weighted by molar-refractivity contribution is -0.384. The number of non-ortho nitro benzene ring substituents is 1. The minimum Gasteiger partial charge on any atom is -0.422 e. The fourth-order valence-electron chi connectivity index (χ4n) is 2.06. The lowest BCUT2D eigenvalue weighted by Gasteiger charge is -2.04. The van der Waals surface area contributed by atoms with E-state index in [0.717, 1.165) is 4.88 Å². The first-order valence-electron chi connectivity index (χ1n) is 6.57. The Morgan fingerprint density at radius 3 is 2.83 bits per heavy atom. The molecule has 7 nitrogen and oxygen atoms in total. The summed E-state index contributed by atoms with van der Waals surface area (Å²) in [6, 6.07) is 8.85. The second kappa shape index (κ2) is 6.01. The summed E-state index contributed by atoms with van der Waals surface area (Å²) in [5.74, 6) is -0.583. The molecule has 0 saturated carbocycles. The van der Waals surface area contributed by atoms with Crippen LogP contribution in [0.2, 0.25) is 0 Å². The first-order valence-corrected chi connectivity index (χ1v) is 7.45. The van der Waals surface area contributed by atoms with Crippen LogP contribution in [0.1, 0.15) is 15.2 Å². The predicted octanol–water partition coefficient (Wildman–Crippen LogP) is 2.69. The van der Waals surface area contributed by atoms with Crippen LogP contribution in [0.15, 0.2) is 51.0 Å². The number of hydrogen-bond donors (Lipinski definition) is 1. The zero-order valence-corrected chi connectivity index (χ0v) is 12.5. The molecule has 1 amide bonds. The van der Waals surface area contributed by atoms with E-state index in [0.29, 0.717) is 11.9 Å². The maximum Gasteiger partial charge on any atom is 0.349 e. The zero-order chi connectivity index (χ0) is 16.4. The van der Waals surface area contributed by atoms with Crippen molar-refractivity contribution in [2.24, 2.45) is 0 Å². The summed E-state index contributed by atoms with van der Waals surface area (Å²) < 4.78 is 5.05. The zero-order valence-electron chi connectivity index (χ0n) is 11.6. The highest BCUT2D eigenvalue weighted by atomic mass is 32.1. The number of rotatable bonds is 4. The summed E-state index contributed by atoms with van der Waals surface area (Å²) in [5, 5.41) is 15.6. The van der Waals surface area contributed by atoms with Crippen molar-refractivity contribution < 1.29 is 14.1 Å². The van der Waals surface area contributed by atoms with Crippen LogP contribution in [0.25, 0.3) is 11.0 Å². The summed E-state index contributed by atoms with van der Waals surface area (Å²) in [5.41, 5.74) is -0.920. The number of benzene rings is 1. The Morgan fingerprint density at radius 2 is 2.13 bits per heavy atom. The molecule has 1 aromatic carbocycles. The number of nitro benzene ring substituents is 1. The largest absolute Gasteiger partial charge is 0.422 e. The average molecular weight is 330 g/mol. The lowest BCUT2D eigenvalue weighted by atomic mass is 10.1. The molecule has 0 radical (unpaired) electrons. The molecule has 0 fully saturated rings. The van der Waals surface area contributed by atoms with Gasteiger partial charge in [0.25, 0.3) is 11.6 Å². The molecule has 1 N–H and O–H groups in total. The van der Waals surface area contributed by atoms with Gasteiger partial charge in [-0.3, -0.25) is 14.9 Å². The van der Waals surface area contributed by atoms with Gasteiger partial charge in [0.05, 0.1) is 11.5 Å². The summed E-state index contributed by atoms with van der Waals surface area (Å²) in [7, 11) is 0. The number of thiophene rings is 1. The second-order valence-corrected chi connectivity index (χ2v) is 5.72. The maximum atomic E-state index is 12.1. The van der Waals surface area contributed by atoms with Gasteiger partial charge in [-0.15, -0.1) is 11.3 Å². The van der Waals surface area contributed by atoms with Crippen molar-refractivity contribution >= 4 is 33.9 Å². The molecule has 0 saturated heterocycles. The van der Waals surface area contributed by atoms with Crippen LogP contribution in [0.5, 0.6) is 0 Å². The van der Waals surface area contributed by atoms with Gasteiger partial charge in [-0.1, -0.05) is 6.07 Å². The third-order valence-electron chi connectivity index (χ3n) is 3.17. The number of carbonyl (C=O) groups excluding carboxylic acids is 1. The molecule has 3 rings (SSSR count). The van der Waals surface area contributed by atoms with Crippen LogP contribution < -0.4 is 10.9 Å². The van der Waals surface area contributed by atoms with E-state index in [4.69, 9.17) is 4.42 Å². The average Bonchev–Trinajstić information content (AvgIpc) is 3.04. The normalized spacial score (nSPS) is 10.6. The van der Waals surface area contributed by atoms with E-state index < -0.39 is 16.5 Å². The van der Waals surface area contributed by atoms with Crippen molar-refractivity contribution in [2.75, 3.05) is 0 Å². The summed E-state index contributed by atoms with van der Waals surface area (Å²) >= 11 is 1.48. The summed E-state index contributed by atoms with van der Waals surface area (Å²) in [4.78, 5) is 35.2. The Balaban J connectivity index is 1.92. The van der Waals surface area contributed by atoms with Crippen LogP contribution in [0.4, 0.5) is 5.69 Å². The van der Waals surface area contributed by atoms with Gasteiger partial charge in [0.15, 0.2) is 0 Å².